The molecule has 1 aromatic rings. The Balaban J connectivity index is 2.12. The van der Waals surface area contributed by atoms with E-state index in [0.29, 0.717) is 6.54 Å². The van der Waals surface area contributed by atoms with Crippen molar-refractivity contribution >= 4 is 0 Å². The van der Waals surface area contributed by atoms with E-state index in [9.17, 15) is 0 Å². The van der Waals surface area contributed by atoms with Gasteiger partial charge in [0.2, 0.25) is 0 Å². The Bertz CT molecular complexity index is 289. The summed E-state index contributed by atoms with van der Waals surface area (Å²) in [6.45, 7) is 2.86. The van der Waals surface area contributed by atoms with Crippen molar-refractivity contribution in [3.63, 3.8) is 0 Å². The van der Waals surface area contributed by atoms with Gasteiger partial charge in [-0.1, -0.05) is 13.3 Å². The minimum atomic E-state index is 0.215. The van der Waals surface area contributed by atoms with Crippen molar-refractivity contribution in [3.05, 3.63) is 17.8 Å². The third kappa shape index (κ3) is 1.48. The summed E-state index contributed by atoms with van der Waals surface area (Å²) in [4.78, 5) is 4.45. The molecule has 1 aliphatic rings. The van der Waals surface area contributed by atoms with Crippen molar-refractivity contribution in [1.82, 2.24) is 4.98 Å². The van der Waals surface area contributed by atoms with Crippen molar-refractivity contribution in [1.29, 1.82) is 0 Å². The van der Waals surface area contributed by atoms with Gasteiger partial charge in [0.25, 0.3) is 0 Å². The summed E-state index contributed by atoms with van der Waals surface area (Å²) >= 11 is 0. The zero-order chi connectivity index (χ0) is 9.31. The summed E-state index contributed by atoms with van der Waals surface area (Å²) < 4.78 is 5.46. The summed E-state index contributed by atoms with van der Waals surface area (Å²) in [6.07, 6.45) is 6.27. The number of aromatic nitrogens is 1. The van der Waals surface area contributed by atoms with Crippen LogP contribution in [0.2, 0.25) is 0 Å². The lowest BCUT2D eigenvalue weighted by Crippen LogP contribution is -2.30. The van der Waals surface area contributed by atoms with Gasteiger partial charge in [-0.25, -0.2) is 4.98 Å². The van der Waals surface area contributed by atoms with Crippen molar-refractivity contribution in [2.75, 3.05) is 6.54 Å². The summed E-state index contributed by atoms with van der Waals surface area (Å²) in [5, 5.41) is 0. The van der Waals surface area contributed by atoms with Crippen LogP contribution < -0.4 is 5.73 Å². The van der Waals surface area contributed by atoms with Gasteiger partial charge >= 0.3 is 0 Å². The molecule has 1 aromatic heterocycles. The molecule has 2 N–H and O–H groups in total. The summed E-state index contributed by atoms with van der Waals surface area (Å²) in [7, 11) is 0. The summed E-state index contributed by atoms with van der Waals surface area (Å²) in [5.41, 5.74) is 6.65. The highest BCUT2D eigenvalue weighted by atomic mass is 16.3. The Morgan fingerprint density at radius 1 is 1.62 bits per heavy atom. The molecule has 0 aromatic carbocycles. The molecular formula is C10H16N2O. The maximum Gasteiger partial charge on any atom is 0.200 e. The summed E-state index contributed by atoms with van der Waals surface area (Å²) in [5.74, 6) is 0.905. The number of hydrogen-bond acceptors (Lipinski definition) is 3. The van der Waals surface area contributed by atoms with E-state index in [1.54, 1.807) is 6.26 Å². The highest BCUT2D eigenvalue weighted by Crippen LogP contribution is 2.42. The van der Waals surface area contributed by atoms with E-state index >= 15 is 0 Å². The summed E-state index contributed by atoms with van der Waals surface area (Å²) in [6, 6.07) is 0. The Morgan fingerprint density at radius 2 is 2.38 bits per heavy atom. The second-order valence-electron chi connectivity index (χ2n) is 4.10. The second kappa shape index (κ2) is 3.14. The second-order valence-corrected chi connectivity index (χ2v) is 4.10. The molecule has 1 heterocycles. The number of nitrogens with two attached hydrogens (primary N) is 1. The molecule has 0 saturated heterocycles. The van der Waals surface area contributed by atoms with Crippen molar-refractivity contribution in [2.24, 2.45) is 5.73 Å². The van der Waals surface area contributed by atoms with E-state index in [2.05, 4.69) is 11.9 Å². The number of nitrogens with zero attached hydrogens (tertiary/aromatic N) is 1. The van der Waals surface area contributed by atoms with E-state index in [0.717, 1.165) is 18.0 Å². The number of hydrogen-bond donors (Lipinski definition) is 1. The number of rotatable bonds is 3. The largest absolute Gasteiger partial charge is 0.448 e. The molecule has 1 fully saturated rings. The molecule has 0 unspecified atom stereocenters. The Morgan fingerprint density at radius 3 is 2.92 bits per heavy atom. The average molecular weight is 180 g/mol. The molecule has 0 amide bonds. The maximum absolute atomic E-state index is 5.46. The smallest absolute Gasteiger partial charge is 0.200 e. The normalized spacial score (nSPS) is 19.8. The third-order valence-corrected chi connectivity index (χ3v) is 2.93. The van der Waals surface area contributed by atoms with Gasteiger partial charge in [0.05, 0.1) is 5.69 Å². The van der Waals surface area contributed by atoms with Gasteiger partial charge in [-0.3, -0.25) is 0 Å². The van der Waals surface area contributed by atoms with Crippen molar-refractivity contribution < 1.29 is 4.42 Å². The van der Waals surface area contributed by atoms with Gasteiger partial charge in [-0.2, -0.15) is 0 Å². The molecule has 1 saturated carbocycles. The van der Waals surface area contributed by atoms with Crippen LogP contribution in [-0.4, -0.2) is 11.5 Å². The molecule has 72 valence electrons. The van der Waals surface area contributed by atoms with Crippen LogP contribution in [0.1, 0.15) is 37.8 Å². The van der Waals surface area contributed by atoms with Crippen molar-refractivity contribution in [2.45, 2.75) is 38.0 Å². The van der Waals surface area contributed by atoms with Crippen LogP contribution in [0, 0.1) is 0 Å². The van der Waals surface area contributed by atoms with Gasteiger partial charge < -0.3 is 10.2 Å². The zero-order valence-electron chi connectivity index (χ0n) is 8.05. The Kier molecular flexibility index (Phi) is 2.12. The number of oxazole rings is 1. The molecule has 0 aliphatic heterocycles. The van der Waals surface area contributed by atoms with Crippen molar-refractivity contribution in [3.8, 4) is 0 Å². The van der Waals surface area contributed by atoms with Gasteiger partial charge in [-0.15, -0.1) is 0 Å². The van der Waals surface area contributed by atoms with Crippen LogP contribution in [0.15, 0.2) is 10.7 Å². The first-order valence-corrected chi connectivity index (χ1v) is 4.89. The van der Waals surface area contributed by atoms with E-state index in [-0.39, 0.29) is 5.41 Å². The van der Waals surface area contributed by atoms with Crippen LogP contribution in [-0.2, 0) is 11.8 Å². The van der Waals surface area contributed by atoms with Gasteiger partial charge in [0, 0.05) is 11.8 Å². The molecule has 0 spiro atoms. The van der Waals surface area contributed by atoms with Crippen LogP contribution >= 0.6 is 0 Å². The SMILES string of the molecule is CC1(c2nc(CCN)co2)CCC1. The average Bonchev–Trinajstić information content (AvgIpc) is 2.50. The molecule has 3 heteroatoms. The van der Waals surface area contributed by atoms with Crippen LogP contribution in [0.4, 0.5) is 0 Å². The minimum Gasteiger partial charge on any atom is -0.448 e. The van der Waals surface area contributed by atoms with Crippen LogP contribution in [0.25, 0.3) is 0 Å². The first kappa shape index (κ1) is 8.75. The quantitative estimate of drug-likeness (QED) is 0.769. The molecule has 0 radical (unpaired) electrons. The maximum atomic E-state index is 5.46. The first-order chi connectivity index (χ1) is 6.24. The lowest BCUT2D eigenvalue weighted by molar-refractivity contribution is 0.214. The predicted octanol–water partition coefficient (Wildman–Crippen LogP) is 1.62. The van der Waals surface area contributed by atoms with Gasteiger partial charge in [0.15, 0.2) is 5.89 Å². The van der Waals surface area contributed by atoms with Crippen LogP contribution in [0.3, 0.4) is 0 Å². The topological polar surface area (TPSA) is 52.0 Å². The van der Waals surface area contributed by atoms with E-state index < -0.39 is 0 Å². The van der Waals surface area contributed by atoms with Gasteiger partial charge in [0.1, 0.15) is 6.26 Å². The predicted molar refractivity (Wildman–Crippen MR) is 50.5 cm³/mol. The monoisotopic (exact) mass is 180 g/mol. The van der Waals surface area contributed by atoms with E-state index in [1.165, 1.54) is 19.3 Å². The lowest BCUT2D eigenvalue weighted by Gasteiger charge is -2.34. The van der Waals surface area contributed by atoms with E-state index in [4.69, 9.17) is 10.2 Å². The lowest BCUT2D eigenvalue weighted by atomic mass is 9.70. The van der Waals surface area contributed by atoms with E-state index in [1.807, 2.05) is 0 Å². The molecule has 1 aliphatic carbocycles. The third-order valence-electron chi connectivity index (χ3n) is 2.93. The molecule has 0 atom stereocenters. The van der Waals surface area contributed by atoms with Gasteiger partial charge in [-0.05, 0) is 19.4 Å². The minimum absolute atomic E-state index is 0.215. The Hall–Kier alpha value is -0.830. The molecule has 13 heavy (non-hydrogen) atoms. The fourth-order valence-electron chi connectivity index (χ4n) is 1.77. The standard InChI is InChI=1S/C10H16N2O/c1-10(4-2-5-10)9-12-8(3-6-11)7-13-9/h7H,2-6,11H2,1H3. The highest BCUT2D eigenvalue weighted by Gasteiger charge is 2.37. The fraction of sp³-hybridized carbons (Fsp3) is 0.700. The zero-order valence-corrected chi connectivity index (χ0v) is 8.05. The molecule has 2 rings (SSSR count). The molecule has 0 bridgehead atoms. The fourth-order valence-corrected chi connectivity index (χ4v) is 1.77. The molecule has 3 nitrogen and oxygen atoms in total. The first-order valence-electron chi connectivity index (χ1n) is 4.89. The molecular weight excluding hydrogens is 164 g/mol. The Labute approximate surface area is 78.3 Å². The highest BCUT2D eigenvalue weighted by molar-refractivity contribution is 5.10. The van der Waals surface area contributed by atoms with Crippen LogP contribution in [0.5, 0.6) is 0 Å².